The zero-order chi connectivity index (χ0) is 14.7. The fourth-order valence-corrected chi connectivity index (χ4v) is 1.85. The highest BCUT2D eigenvalue weighted by Gasteiger charge is 2.14. The van der Waals surface area contributed by atoms with Crippen LogP contribution in [-0.2, 0) is 0 Å². The average molecular weight is 280 g/mol. The minimum atomic E-state index is -2.95. The van der Waals surface area contributed by atoms with Crippen molar-refractivity contribution >= 4 is 5.78 Å². The molecule has 0 unspecified atom stereocenters. The fraction of sp³-hybridized carbons (Fsp3) is 0.133. The van der Waals surface area contributed by atoms with Crippen molar-refractivity contribution in [2.24, 2.45) is 0 Å². The maximum atomic E-state index is 13.0. The van der Waals surface area contributed by atoms with Gasteiger partial charge < -0.3 is 4.74 Å². The molecule has 2 aromatic carbocycles. The predicted molar refractivity (Wildman–Crippen MR) is 67.6 cm³/mol. The third-order valence-electron chi connectivity index (χ3n) is 2.75. The summed E-state index contributed by atoms with van der Waals surface area (Å²) in [7, 11) is 0. The Morgan fingerprint density at radius 3 is 2.55 bits per heavy atom. The van der Waals surface area contributed by atoms with Crippen LogP contribution in [0.1, 0.15) is 21.5 Å². The van der Waals surface area contributed by atoms with E-state index in [9.17, 15) is 18.0 Å². The highest BCUT2D eigenvalue weighted by Crippen LogP contribution is 2.20. The molecule has 0 saturated heterocycles. The van der Waals surface area contributed by atoms with Crippen molar-refractivity contribution in [2.45, 2.75) is 13.5 Å². The van der Waals surface area contributed by atoms with Crippen molar-refractivity contribution in [2.75, 3.05) is 0 Å². The molecular weight excluding hydrogens is 269 g/mol. The van der Waals surface area contributed by atoms with Gasteiger partial charge in [0.25, 0.3) is 0 Å². The van der Waals surface area contributed by atoms with Gasteiger partial charge in [-0.3, -0.25) is 4.79 Å². The van der Waals surface area contributed by atoms with Crippen LogP contribution in [0, 0.1) is 12.7 Å². The second-order valence-electron chi connectivity index (χ2n) is 4.19. The van der Waals surface area contributed by atoms with E-state index < -0.39 is 12.4 Å². The first-order valence-electron chi connectivity index (χ1n) is 5.83. The zero-order valence-electron chi connectivity index (χ0n) is 10.6. The van der Waals surface area contributed by atoms with Crippen LogP contribution >= 0.6 is 0 Å². The number of halogens is 3. The van der Waals surface area contributed by atoms with Gasteiger partial charge >= 0.3 is 6.61 Å². The summed E-state index contributed by atoms with van der Waals surface area (Å²) in [5.41, 5.74) is 1.01. The smallest absolute Gasteiger partial charge is 0.387 e. The molecule has 0 bridgehead atoms. The summed E-state index contributed by atoms with van der Waals surface area (Å²) >= 11 is 0. The number of carbonyl (C=O) groups is 1. The molecule has 2 aromatic rings. The molecule has 0 amide bonds. The highest BCUT2D eigenvalue weighted by molar-refractivity contribution is 6.10. The molecule has 0 aliphatic rings. The van der Waals surface area contributed by atoms with E-state index in [2.05, 4.69) is 4.74 Å². The lowest BCUT2D eigenvalue weighted by Gasteiger charge is -2.08. The lowest BCUT2D eigenvalue weighted by molar-refractivity contribution is -0.0498. The lowest BCUT2D eigenvalue weighted by atomic mass is 9.99. The van der Waals surface area contributed by atoms with E-state index in [1.807, 2.05) is 0 Å². The summed E-state index contributed by atoms with van der Waals surface area (Å²) in [6.45, 7) is -1.34. The van der Waals surface area contributed by atoms with Crippen molar-refractivity contribution in [3.63, 3.8) is 0 Å². The zero-order valence-corrected chi connectivity index (χ0v) is 10.6. The summed E-state index contributed by atoms with van der Waals surface area (Å²) < 4.78 is 41.5. The maximum absolute atomic E-state index is 13.0. The van der Waals surface area contributed by atoms with Crippen molar-refractivity contribution in [3.8, 4) is 5.75 Å². The SMILES string of the molecule is Cc1cc(F)ccc1C(=O)c1cccc(OC(F)F)c1. The van der Waals surface area contributed by atoms with E-state index in [1.54, 1.807) is 6.92 Å². The summed E-state index contributed by atoms with van der Waals surface area (Å²) in [4.78, 5) is 12.3. The van der Waals surface area contributed by atoms with Gasteiger partial charge in [-0.05, 0) is 42.8 Å². The molecule has 0 aromatic heterocycles. The van der Waals surface area contributed by atoms with Crippen molar-refractivity contribution in [1.82, 2.24) is 0 Å². The highest BCUT2D eigenvalue weighted by atomic mass is 19.3. The van der Waals surface area contributed by atoms with Crippen molar-refractivity contribution < 1.29 is 22.7 Å². The number of alkyl halides is 2. The number of benzene rings is 2. The molecule has 0 heterocycles. The first kappa shape index (κ1) is 14.1. The molecule has 0 atom stereocenters. The molecule has 20 heavy (non-hydrogen) atoms. The van der Waals surface area contributed by atoms with Gasteiger partial charge in [0.1, 0.15) is 11.6 Å². The Hall–Kier alpha value is -2.30. The van der Waals surface area contributed by atoms with Crippen LogP contribution in [0.3, 0.4) is 0 Å². The van der Waals surface area contributed by atoms with Gasteiger partial charge in [-0.2, -0.15) is 8.78 Å². The molecule has 0 N–H and O–H groups in total. The Balaban J connectivity index is 2.33. The van der Waals surface area contributed by atoms with Gasteiger partial charge in [0, 0.05) is 11.1 Å². The van der Waals surface area contributed by atoms with Gasteiger partial charge in [-0.15, -0.1) is 0 Å². The molecule has 104 valence electrons. The molecule has 5 heteroatoms. The van der Waals surface area contributed by atoms with Crippen LogP contribution < -0.4 is 4.74 Å². The van der Waals surface area contributed by atoms with E-state index >= 15 is 0 Å². The minimum absolute atomic E-state index is 0.0920. The average Bonchev–Trinajstić information content (AvgIpc) is 2.37. The van der Waals surface area contributed by atoms with Crippen LogP contribution in [0.2, 0.25) is 0 Å². The number of aryl methyl sites for hydroxylation is 1. The molecule has 0 radical (unpaired) electrons. The van der Waals surface area contributed by atoms with E-state index in [-0.39, 0.29) is 17.1 Å². The number of ether oxygens (including phenoxy) is 1. The lowest BCUT2D eigenvalue weighted by Crippen LogP contribution is -2.06. The standard InChI is InChI=1S/C15H11F3O2/c1-9-7-11(16)5-6-13(9)14(19)10-3-2-4-12(8-10)20-15(17)18/h2-8,15H,1H3. The van der Waals surface area contributed by atoms with Crippen LogP contribution in [-0.4, -0.2) is 12.4 Å². The maximum Gasteiger partial charge on any atom is 0.387 e. The van der Waals surface area contributed by atoms with Gasteiger partial charge in [-0.1, -0.05) is 12.1 Å². The Morgan fingerprint density at radius 2 is 1.90 bits per heavy atom. The largest absolute Gasteiger partial charge is 0.435 e. The Labute approximate surface area is 113 Å². The number of ketones is 1. The van der Waals surface area contributed by atoms with Gasteiger partial charge in [0.15, 0.2) is 5.78 Å². The van der Waals surface area contributed by atoms with E-state index in [4.69, 9.17) is 0 Å². The Bertz CT molecular complexity index is 639. The van der Waals surface area contributed by atoms with Crippen LogP contribution in [0.15, 0.2) is 42.5 Å². The first-order valence-corrected chi connectivity index (χ1v) is 5.83. The molecule has 0 aliphatic carbocycles. The topological polar surface area (TPSA) is 26.3 Å². The monoisotopic (exact) mass is 280 g/mol. The number of hydrogen-bond acceptors (Lipinski definition) is 2. The van der Waals surface area contributed by atoms with Gasteiger partial charge in [-0.25, -0.2) is 4.39 Å². The third-order valence-corrected chi connectivity index (χ3v) is 2.75. The molecule has 2 nitrogen and oxygen atoms in total. The summed E-state index contributed by atoms with van der Waals surface area (Å²) in [6, 6.07) is 9.30. The quantitative estimate of drug-likeness (QED) is 0.792. The molecule has 0 saturated carbocycles. The van der Waals surface area contributed by atoms with Gasteiger partial charge in [0.05, 0.1) is 0 Å². The molecule has 0 spiro atoms. The summed E-state index contributed by atoms with van der Waals surface area (Å²) in [5, 5.41) is 0. The van der Waals surface area contributed by atoms with Crippen LogP contribution in [0.4, 0.5) is 13.2 Å². The Morgan fingerprint density at radius 1 is 1.15 bits per heavy atom. The van der Waals surface area contributed by atoms with Crippen LogP contribution in [0.5, 0.6) is 5.75 Å². The number of carbonyl (C=O) groups excluding carboxylic acids is 1. The molecular formula is C15H11F3O2. The third kappa shape index (κ3) is 3.17. The summed E-state index contributed by atoms with van der Waals surface area (Å²) in [5.74, 6) is -0.901. The second kappa shape index (κ2) is 5.77. The number of rotatable bonds is 4. The van der Waals surface area contributed by atoms with Crippen molar-refractivity contribution in [1.29, 1.82) is 0 Å². The molecule has 0 fully saturated rings. The Kier molecular flexibility index (Phi) is 4.08. The van der Waals surface area contributed by atoms with Gasteiger partial charge in [0.2, 0.25) is 0 Å². The summed E-state index contributed by atoms with van der Waals surface area (Å²) in [6.07, 6.45) is 0. The van der Waals surface area contributed by atoms with E-state index in [0.29, 0.717) is 11.1 Å². The fourth-order valence-electron chi connectivity index (χ4n) is 1.85. The first-order chi connectivity index (χ1) is 9.47. The second-order valence-corrected chi connectivity index (χ2v) is 4.19. The van der Waals surface area contributed by atoms with Crippen molar-refractivity contribution in [3.05, 3.63) is 65.0 Å². The predicted octanol–water partition coefficient (Wildman–Crippen LogP) is 3.97. The molecule has 2 rings (SSSR count). The molecule has 0 aliphatic heterocycles. The number of hydrogen-bond donors (Lipinski definition) is 0. The van der Waals surface area contributed by atoms with Crippen LogP contribution in [0.25, 0.3) is 0 Å². The van der Waals surface area contributed by atoms with E-state index in [1.165, 1.54) is 42.5 Å². The minimum Gasteiger partial charge on any atom is -0.435 e. The van der Waals surface area contributed by atoms with E-state index in [0.717, 1.165) is 0 Å². The normalized spacial score (nSPS) is 10.7.